The summed E-state index contributed by atoms with van der Waals surface area (Å²) in [5.41, 5.74) is 1.75. The molecule has 0 aromatic carbocycles. The Bertz CT molecular complexity index is 829. The van der Waals surface area contributed by atoms with Crippen molar-refractivity contribution in [2.45, 2.75) is 52.1 Å². The number of esters is 1. The van der Waals surface area contributed by atoms with E-state index in [2.05, 4.69) is 9.97 Å². The molecule has 7 heteroatoms. The van der Waals surface area contributed by atoms with E-state index in [4.69, 9.17) is 9.47 Å². The van der Waals surface area contributed by atoms with Gasteiger partial charge in [0, 0.05) is 30.6 Å². The second-order valence-corrected chi connectivity index (χ2v) is 7.81. The Morgan fingerprint density at radius 3 is 2.63 bits per heavy atom. The highest BCUT2D eigenvalue weighted by Gasteiger charge is 2.29. The van der Waals surface area contributed by atoms with Gasteiger partial charge in [-0.25, -0.2) is 9.59 Å². The van der Waals surface area contributed by atoms with Crippen molar-refractivity contribution in [2.24, 2.45) is 0 Å². The van der Waals surface area contributed by atoms with Crippen LogP contribution in [-0.4, -0.2) is 52.2 Å². The number of aromatic nitrogens is 2. The summed E-state index contributed by atoms with van der Waals surface area (Å²) in [6, 6.07) is 3.68. The number of likely N-dealkylation sites (tertiary alicyclic amines) is 1. The van der Waals surface area contributed by atoms with Crippen LogP contribution in [-0.2, 0) is 9.47 Å². The van der Waals surface area contributed by atoms with Crippen LogP contribution in [0.15, 0.2) is 18.3 Å². The predicted molar refractivity (Wildman–Crippen MR) is 102 cm³/mol. The van der Waals surface area contributed by atoms with Gasteiger partial charge in [0.1, 0.15) is 11.3 Å². The summed E-state index contributed by atoms with van der Waals surface area (Å²) < 4.78 is 10.5. The van der Waals surface area contributed by atoms with Crippen molar-refractivity contribution in [3.8, 4) is 0 Å². The van der Waals surface area contributed by atoms with Crippen molar-refractivity contribution < 1.29 is 19.1 Å². The molecule has 0 saturated carbocycles. The number of piperidine rings is 1. The molecule has 0 spiro atoms. The van der Waals surface area contributed by atoms with E-state index in [-0.39, 0.29) is 18.0 Å². The highest BCUT2D eigenvalue weighted by molar-refractivity contribution is 5.95. The van der Waals surface area contributed by atoms with Crippen LogP contribution >= 0.6 is 0 Å². The molecular formula is C20H27N3O4. The number of hydrogen-bond acceptors (Lipinski definition) is 5. The van der Waals surface area contributed by atoms with Crippen molar-refractivity contribution in [2.75, 3.05) is 19.7 Å². The molecule has 3 rings (SSSR count). The standard InChI is InChI=1S/C20H27N3O4/c1-5-26-18(24)15-12-14-6-9-21-16(17(14)22-15)13-7-10-23(11-8-13)19(25)27-20(2,3)4/h6,9,12-13,22H,5,7-8,10-11H2,1-4H3. The van der Waals surface area contributed by atoms with Gasteiger partial charge < -0.3 is 19.4 Å². The molecule has 1 amide bonds. The first-order valence-corrected chi connectivity index (χ1v) is 9.41. The zero-order valence-corrected chi connectivity index (χ0v) is 16.4. The number of nitrogens with zero attached hydrogens (tertiary/aromatic N) is 2. The van der Waals surface area contributed by atoms with Gasteiger partial charge in [0.05, 0.1) is 17.8 Å². The molecule has 0 radical (unpaired) electrons. The molecule has 1 aliphatic rings. The Kier molecular flexibility index (Phi) is 5.39. The number of aromatic amines is 1. The van der Waals surface area contributed by atoms with Crippen molar-refractivity contribution in [3.63, 3.8) is 0 Å². The Morgan fingerprint density at radius 1 is 1.30 bits per heavy atom. The molecule has 2 aromatic rings. The van der Waals surface area contributed by atoms with Crippen LogP contribution in [0, 0.1) is 0 Å². The number of amides is 1. The van der Waals surface area contributed by atoms with Crippen LogP contribution in [0.1, 0.15) is 62.6 Å². The number of carbonyl (C=O) groups is 2. The van der Waals surface area contributed by atoms with E-state index in [1.165, 1.54) is 0 Å². The maximum Gasteiger partial charge on any atom is 0.410 e. The number of ether oxygens (including phenoxy) is 2. The Morgan fingerprint density at radius 2 is 2.00 bits per heavy atom. The molecule has 7 nitrogen and oxygen atoms in total. The first kappa shape index (κ1) is 19.2. The number of nitrogens with one attached hydrogen (secondary N) is 1. The van der Waals surface area contributed by atoms with Crippen molar-refractivity contribution in [1.82, 2.24) is 14.9 Å². The van der Waals surface area contributed by atoms with E-state index in [0.29, 0.717) is 25.4 Å². The smallest absolute Gasteiger partial charge is 0.410 e. The Hall–Kier alpha value is -2.57. The first-order chi connectivity index (χ1) is 12.8. The van der Waals surface area contributed by atoms with Gasteiger partial charge in [0.2, 0.25) is 0 Å². The molecule has 0 aliphatic carbocycles. The van der Waals surface area contributed by atoms with Crippen molar-refractivity contribution >= 4 is 23.0 Å². The third-order valence-electron chi connectivity index (χ3n) is 4.60. The van der Waals surface area contributed by atoms with E-state index < -0.39 is 5.60 Å². The largest absolute Gasteiger partial charge is 0.461 e. The predicted octanol–water partition coefficient (Wildman–Crippen LogP) is 3.85. The number of rotatable bonds is 3. The number of pyridine rings is 1. The Balaban J connectivity index is 1.73. The van der Waals surface area contributed by atoms with Gasteiger partial charge >= 0.3 is 12.1 Å². The molecule has 1 N–H and O–H groups in total. The lowest BCUT2D eigenvalue weighted by molar-refractivity contribution is 0.0204. The maximum absolute atomic E-state index is 12.2. The second-order valence-electron chi connectivity index (χ2n) is 7.81. The summed E-state index contributed by atoms with van der Waals surface area (Å²) in [5.74, 6) is -0.138. The number of carbonyl (C=O) groups excluding carboxylic acids is 2. The van der Waals surface area contributed by atoms with Crippen LogP contribution in [0.2, 0.25) is 0 Å². The third-order valence-corrected chi connectivity index (χ3v) is 4.60. The summed E-state index contributed by atoms with van der Waals surface area (Å²) in [5, 5.41) is 0.942. The van der Waals surface area contributed by atoms with Crippen molar-refractivity contribution in [1.29, 1.82) is 0 Å². The second kappa shape index (κ2) is 7.58. The fraction of sp³-hybridized carbons (Fsp3) is 0.550. The quantitative estimate of drug-likeness (QED) is 0.826. The van der Waals surface area contributed by atoms with E-state index in [1.807, 2.05) is 26.8 Å². The third kappa shape index (κ3) is 4.40. The molecule has 1 aliphatic heterocycles. The molecule has 1 fully saturated rings. The monoisotopic (exact) mass is 373 g/mol. The number of H-pyrrole nitrogens is 1. The summed E-state index contributed by atoms with van der Waals surface area (Å²) >= 11 is 0. The number of fused-ring (bicyclic) bond motifs is 1. The summed E-state index contributed by atoms with van der Waals surface area (Å²) in [7, 11) is 0. The first-order valence-electron chi connectivity index (χ1n) is 9.41. The van der Waals surface area contributed by atoms with Crippen molar-refractivity contribution in [3.05, 3.63) is 29.7 Å². The molecule has 1 saturated heterocycles. The highest BCUT2D eigenvalue weighted by atomic mass is 16.6. The van der Waals surface area contributed by atoms with E-state index >= 15 is 0 Å². The lowest BCUT2D eigenvalue weighted by atomic mass is 9.92. The van der Waals surface area contributed by atoms with Crippen LogP contribution in [0.3, 0.4) is 0 Å². The zero-order chi connectivity index (χ0) is 19.6. The van der Waals surface area contributed by atoms with Crippen LogP contribution in [0.25, 0.3) is 10.9 Å². The fourth-order valence-corrected chi connectivity index (χ4v) is 3.37. The zero-order valence-electron chi connectivity index (χ0n) is 16.4. The molecule has 0 unspecified atom stereocenters. The average Bonchev–Trinajstić information content (AvgIpc) is 3.05. The maximum atomic E-state index is 12.2. The molecular weight excluding hydrogens is 346 g/mol. The molecule has 146 valence electrons. The topological polar surface area (TPSA) is 84.5 Å². The summed E-state index contributed by atoms with van der Waals surface area (Å²) in [6.45, 7) is 8.98. The fourth-order valence-electron chi connectivity index (χ4n) is 3.37. The van der Waals surface area contributed by atoms with Gasteiger partial charge in [0.25, 0.3) is 0 Å². The average molecular weight is 373 g/mol. The number of hydrogen-bond donors (Lipinski definition) is 1. The van der Waals surface area contributed by atoms with Gasteiger partial charge in [-0.2, -0.15) is 0 Å². The van der Waals surface area contributed by atoms with E-state index in [9.17, 15) is 9.59 Å². The molecule has 3 heterocycles. The molecule has 0 atom stereocenters. The minimum atomic E-state index is -0.491. The van der Waals surface area contributed by atoms with Crippen LogP contribution in [0.4, 0.5) is 4.79 Å². The van der Waals surface area contributed by atoms with Gasteiger partial charge in [-0.15, -0.1) is 0 Å². The summed E-state index contributed by atoms with van der Waals surface area (Å²) in [6.07, 6.45) is 3.11. The van der Waals surface area contributed by atoms with E-state index in [0.717, 1.165) is 29.4 Å². The highest BCUT2D eigenvalue weighted by Crippen LogP contribution is 2.32. The SMILES string of the molecule is CCOC(=O)c1cc2ccnc(C3CCN(C(=O)OC(C)(C)C)CC3)c2[nH]1. The molecule has 2 aromatic heterocycles. The van der Waals surface area contributed by atoms with Gasteiger partial charge in [-0.3, -0.25) is 4.98 Å². The van der Waals surface area contributed by atoms with Crippen LogP contribution in [0.5, 0.6) is 0 Å². The van der Waals surface area contributed by atoms with Crippen LogP contribution < -0.4 is 0 Å². The Labute approximate surface area is 159 Å². The summed E-state index contributed by atoms with van der Waals surface area (Å²) in [4.78, 5) is 33.7. The molecule has 0 bridgehead atoms. The van der Waals surface area contributed by atoms with Gasteiger partial charge in [-0.05, 0) is 52.7 Å². The minimum Gasteiger partial charge on any atom is -0.461 e. The van der Waals surface area contributed by atoms with Gasteiger partial charge in [0.15, 0.2) is 0 Å². The molecule has 27 heavy (non-hydrogen) atoms. The lowest BCUT2D eigenvalue weighted by Crippen LogP contribution is -2.41. The normalized spacial score (nSPS) is 15.8. The minimum absolute atomic E-state index is 0.223. The van der Waals surface area contributed by atoms with E-state index in [1.54, 1.807) is 24.1 Å². The van der Waals surface area contributed by atoms with Gasteiger partial charge in [-0.1, -0.05) is 0 Å². The lowest BCUT2D eigenvalue weighted by Gasteiger charge is -2.33.